The van der Waals surface area contributed by atoms with E-state index in [-0.39, 0.29) is 19.2 Å². The van der Waals surface area contributed by atoms with Crippen LogP contribution < -0.4 is 4.74 Å². The lowest BCUT2D eigenvalue weighted by Crippen LogP contribution is -2.25. The summed E-state index contributed by atoms with van der Waals surface area (Å²) in [5, 5.41) is 9.86. The number of esters is 1. The zero-order chi connectivity index (χ0) is 22.4. The lowest BCUT2D eigenvalue weighted by Gasteiger charge is -2.12. The monoisotopic (exact) mass is 434 g/mol. The van der Waals surface area contributed by atoms with Gasteiger partial charge in [0, 0.05) is 6.42 Å². The predicted molar refractivity (Wildman–Crippen MR) is 128 cm³/mol. The number of aliphatic hydroxyl groups is 1. The van der Waals surface area contributed by atoms with Crippen LogP contribution in [-0.2, 0) is 9.53 Å². The van der Waals surface area contributed by atoms with E-state index in [1.807, 2.05) is 30.3 Å². The molecule has 1 N–H and O–H groups in total. The molecule has 0 aliphatic rings. The van der Waals surface area contributed by atoms with Gasteiger partial charge in [-0.3, -0.25) is 4.79 Å². The lowest BCUT2D eigenvalue weighted by atomic mass is 10.0. The zero-order valence-corrected chi connectivity index (χ0v) is 19.9. The summed E-state index contributed by atoms with van der Waals surface area (Å²) < 4.78 is 10.6. The molecule has 0 fully saturated rings. The first-order valence-electron chi connectivity index (χ1n) is 12.7. The van der Waals surface area contributed by atoms with E-state index in [1.165, 1.54) is 83.5 Å². The Morgan fingerprint density at radius 1 is 0.742 bits per heavy atom. The maximum absolute atomic E-state index is 11.8. The predicted octanol–water partition coefficient (Wildman–Crippen LogP) is 7.23. The van der Waals surface area contributed by atoms with Gasteiger partial charge in [0.05, 0.1) is 0 Å². The van der Waals surface area contributed by atoms with E-state index >= 15 is 0 Å². The fourth-order valence-electron chi connectivity index (χ4n) is 3.66. The van der Waals surface area contributed by atoms with Crippen LogP contribution in [0.25, 0.3) is 0 Å². The Balaban J connectivity index is 1.81. The van der Waals surface area contributed by atoms with Crippen LogP contribution >= 0.6 is 0 Å². The van der Waals surface area contributed by atoms with E-state index in [4.69, 9.17) is 9.47 Å². The maximum Gasteiger partial charge on any atom is 0.305 e. The second kappa shape index (κ2) is 20.4. The smallest absolute Gasteiger partial charge is 0.305 e. The van der Waals surface area contributed by atoms with E-state index in [1.54, 1.807) is 0 Å². The van der Waals surface area contributed by atoms with Crippen LogP contribution in [0.2, 0.25) is 0 Å². The number of hydrogen-bond donors (Lipinski definition) is 1. The van der Waals surface area contributed by atoms with Crippen molar-refractivity contribution in [2.75, 3.05) is 13.2 Å². The Hall–Kier alpha value is -1.55. The highest BCUT2D eigenvalue weighted by molar-refractivity contribution is 5.69. The van der Waals surface area contributed by atoms with Crippen LogP contribution in [0.4, 0.5) is 0 Å². The number of aliphatic hydroxyl groups excluding tert-OH is 1. The Morgan fingerprint density at radius 3 is 1.74 bits per heavy atom. The maximum atomic E-state index is 11.8. The Morgan fingerprint density at radius 2 is 1.23 bits per heavy atom. The third-order valence-corrected chi connectivity index (χ3v) is 5.61. The first-order valence-corrected chi connectivity index (χ1v) is 12.7. The highest BCUT2D eigenvalue weighted by Gasteiger charge is 2.09. The third-order valence-electron chi connectivity index (χ3n) is 5.61. The van der Waals surface area contributed by atoms with Crippen LogP contribution in [0.1, 0.15) is 110 Å². The Kier molecular flexibility index (Phi) is 18.0. The molecule has 0 saturated carbocycles. The topological polar surface area (TPSA) is 55.8 Å². The fourth-order valence-corrected chi connectivity index (χ4v) is 3.66. The molecule has 4 nitrogen and oxygen atoms in total. The van der Waals surface area contributed by atoms with Crippen molar-refractivity contribution >= 4 is 5.97 Å². The Bertz CT molecular complexity index is 517. The Labute approximate surface area is 190 Å². The van der Waals surface area contributed by atoms with Gasteiger partial charge in [0.2, 0.25) is 0 Å². The normalized spacial score (nSPS) is 11.9. The van der Waals surface area contributed by atoms with Gasteiger partial charge in [-0.2, -0.15) is 0 Å². The van der Waals surface area contributed by atoms with Crippen molar-refractivity contribution < 1.29 is 19.4 Å². The zero-order valence-electron chi connectivity index (χ0n) is 19.9. The van der Waals surface area contributed by atoms with Crippen molar-refractivity contribution in [3.8, 4) is 5.75 Å². The first kappa shape index (κ1) is 27.5. The molecular formula is C27H46O4. The summed E-state index contributed by atoms with van der Waals surface area (Å²) >= 11 is 0. The summed E-state index contributed by atoms with van der Waals surface area (Å²) in [6.45, 7) is 2.38. The second-order valence-corrected chi connectivity index (χ2v) is 8.66. The molecule has 0 aliphatic heterocycles. The van der Waals surface area contributed by atoms with E-state index < -0.39 is 6.10 Å². The molecule has 0 aromatic heterocycles. The summed E-state index contributed by atoms with van der Waals surface area (Å²) in [6.07, 6.45) is 19.3. The van der Waals surface area contributed by atoms with E-state index in [0.717, 1.165) is 12.8 Å². The number of carbonyl (C=O) groups is 1. The minimum atomic E-state index is -0.801. The van der Waals surface area contributed by atoms with Gasteiger partial charge in [0.25, 0.3) is 0 Å². The van der Waals surface area contributed by atoms with Crippen molar-refractivity contribution in [1.82, 2.24) is 0 Å². The average molecular weight is 435 g/mol. The van der Waals surface area contributed by atoms with E-state index in [9.17, 15) is 9.90 Å². The standard InChI is InChI=1S/C27H46O4/c1-2-3-4-5-6-7-8-9-10-11-12-13-14-15-19-22-27(29)31-24-25(28)23-30-26-20-17-16-18-21-26/h16-18,20-21,25,28H,2-15,19,22-24H2,1H3. The molecule has 1 aromatic rings. The summed E-state index contributed by atoms with van der Waals surface area (Å²) in [5.74, 6) is 0.471. The van der Waals surface area contributed by atoms with Crippen molar-refractivity contribution in [2.45, 2.75) is 116 Å². The SMILES string of the molecule is CCCCCCCCCCCCCCCCCC(=O)OCC(O)COc1ccccc1. The molecule has 0 radical (unpaired) electrons. The number of rotatable bonds is 21. The highest BCUT2D eigenvalue weighted by Crippen LogP contribution is 2.14. The lowest BCUT2D eigenvalue weighted by molar-refractivity contribution is -0.147. The molecule has 178 valence electrons. The molecule has 0 spiro atoms. The number of hydrogen-bond acceptors (Lipinski definition) is 4. The van der Waals surface area contributed by atoms with E-state index in [2.05, 4.69) is 6.92 Å². The van der Waals surface area contributed by atoms with Crippen molar-refractivity contribution in [3.05, 3.63) is 30.3 Å². The number of ether oxygens (including phenoxy) is 2. The molecule has 1 rings (SSSR count). The van der Waals surface area contributed by atoms with Gasteiger partial charge in [-0.05, 0) is 18.6 Å². The van der Waals surface area contributed by atoms with Gasteiger partial charge in [0.1, 0.15) is 25.1 Å². The molecule has 0 saturated heterocycles. The van der Waals surface area contributed by atoms with Crippen LogP contribution in [-0.4, -0.2) is 30.4 Å². The van der Waals surface area contributed by atoms with Crippen molar-refractivity contribution in [3.63, 3.8) is 0 Å². The number of para-hydroxylation sites is 1. The van der Waals surface area contributed by atoms with Crippen LogP contribution in [0.15, 0.2) is 30.3 Å². The van der Waals surface area contributed by atoms with Crippen molar-refractivity contribution in [2.24, 2.45) is 0 Å². The van der Waals surface area contributed by atoms with E-state index in [0.29, 0.717) is 12.2 Å². The van der Waals surface area contributed by atoms with Crippen LogP contribution in [0.5, 0.6) is 5.75 Å². The quantitative estimate of drug-likeness (QED) is 0.164. The third kappa shape index (κ3) is 17.8. The van der Waals surface area contributed by atoms with Gasteiger partial charge in [-0.25, -0.2) is 0 Å². The molecule has 1 unspecified atom stereocenters. The van der Waals surface area contributed by atoms with Gasteiger partial charge < -0.3 is 14.6 Å². The summed E-state index contributed by atoms with van der Waals surface area (Å²) in [7, 11) is 0. The molecule has 31 heavy (non-hydrogen) atoms. The summed E-state index contributed by atoms with van der Waals surface area (Å²) in [5.41, 5.74) is 0. The second-order valence-electron chi connectivity index (χ2n) is 8.66. The average Bonchev–Trinajstić information content (AvgIpc) is 2.79. The number of unbranched alkanes of at least 4 members (excludes halogenated alkanes) is 14. The fraction of sp³-hybridized carbons (Fsp3) is 0.741. The molecule has 0 aliphatic carbocycles. The highest BCUT2D eigenvalue weighted by atomic mass is 16.5. The van der Waals surface area contributed by atoms with Gasteiger partial charge in [-0.1, -0.05) is 115 Å². The largest absolute Gasteiger partial charge is 0.491 e. The molecule has 0 amide bonds. The molecule has 1 aromatic carbocycles. The molecule has 0 heterocycles. The van der Waals surface area contributed by atoms with Gasteiger partial charge in [0.15, 0.2) is 0 Å². The molecule has 0 bridgehead atoms. The van der Waals surface area contributed by atoms with Crippen molar-refractivity contribution in [1.29, 1.82) is 0 Å². The summed E-state index contributed by atoms with van der Waals surface area (Å²) in [4.78, 5) is 11.8. The van der Waals surface area contributed by atoms with Crippen LogP contribution in [0, 0.1) is 0 Å². The number of benzene rings is 1. The number of carbonyl (C=O) groups excluding carboxylic acids is 1. The molecule has 1 atom stereocenters. The van der Waals surface area contributed by atoms with Gasteiger partial charge >= 0.3 is 5.97 Å². The minimum absolute atomic E-state index is 0.00952. The minimum Gasteiger partial charge on any atom is -0.491 e. The molecule has 4 heteroatoms. The van der Waals surface area contributed by atoms with Gasteiger partial charge in [-0.15, -0.1) is 0 Å². The summed E-state index contributed by atoms with van der Waals surface area (Å²) in [6, 6.07) is 9.31. The first-order chi connectivity index (χ1) is 15.2. The molecular weight excluding hydrogens is 388 g/mol. The van der Waals surface area contributed by atoms with Crippen LogP contribution in [0.3, 0.4) is 0 Å².